The number of primary amides is 1. The van der Waals surface area contributed by atoms with Crippen molar-refractivity contribution in [3.05, 3.63) is 82.0 Å². The zero-order chi connectivity index (χ0) is 19.0. The molecule has 1 aromatic carbocycles. The second kappa shape index (κ2) is 6.96. The number of hydrogen-bond donors (Lipinski definition) is 1. The molecule has 1 aliphatic rings. The molecule has 0 saturated heterocycles. The lowest BCUT2D eigenvalue weighted by Gasteiger charge is -2.19. The highest BCUT2D eigenvalue weighted by atomic mass is 35.5. The number of benzene rings is 1. The Labute approximate surface area is 160 Å². The van der Waals surface area contributed by atoms with Crippen LogP contribution in [0.2, 0.25) is 5.15 Å². The smallest absolute Gasteiger partial charge is 0.249 e. The maximum absolute atomic E-state index is 13.5. The van der Waals surface area contributed by atoms with E-state index in [2.05, 4.69) is 14.9 Å². The number of rotatable bonds is 4. The van der Waals surface area contributed by atoms with Gasteiger partial charge in [-0.2, -0.15) is 0 Å². The highest BCUT2D eigenvalue weighted by Gasteiger charge is 2.25. The molecule has 1 aliphatic heterocycles. The average molecular weight is 383 g/mol. The third-order valence-corrected chi connectivity index (χ3v) is 4.99. The van der Waals surface area contributed by atoms with E-state index >= 15 is 0 Å². The van der Waals surface area contributed by atoms with Crippen molar-refractivity contribution >= 4 is 29.0 Å². The fraction of sp³-hybridized carbons (Fsp3) is 0.150. The van der Waals surface area contributed by atoms with Crippen LogP contribution in [0, 0.1) is 5.82 Å². The van der Waals surface area contributed by atoms with Gasteiger partial charge in [-0.25, -0.2) is 14.4 Å². The summed E-state index contributed by atoms with van der Waals surface area (Å²) in [5.74, 6) is -0.0897. The summed E-state index contributed by atoms with van der Waals surface area (Å²) in [6.45, 7) is 0.707. The fourth-order valence-corrected chi connectivity index (χ4v) is 3.60. The van der Waals surface area contributed by atoms with Gasteiger partial charge in [0, 0.05) is 30.4 Å². The Balaban J connectivity index is 1.66. The number of carbonyl (C=O) groups excluding carboxylic acids is 1. The van der Waals surface area contributed by atoms with E-state index in [1.807, 2.05) is 24.3 Å². The molecule has 0 radical (unpaired) electrons. The van der Waals surface area contributed by atoms with Crippen LogP contribution in [0.25, 0.3) is 0 Å². The summed E-state index contributed by atoms with van der Waals surface area (Å²) < 4.78 is 13.5. The summed E-state index contributed by atoms with van der Waals surface area (Å²) in [5.41, 5.74) is 9.46. The summed E-state index contributed by atoms with van der Waals surface area (Å²) in [7, 11) is 0. The summed E-state index contributed by atoms with van der Waals surface area (Å²) >= 11 is 6.08. The molecule has 0 atom stereocenters. The highest BCUT2D eigenvalue weighted by molar-refractivity contribution is 6.30. The van der Waals surface area contributed by atoms with E-state index in [-0.39, 0.29) is 5.15 Å². The van der Waals surface area contributed by atoms with Crippen LogP contribution < -0.4 is 10.6 Å². The van der Waals surface area contributed by atoms with Gasteiger partial charge in [0.15, 0.2) is 0 Å². The average Bonchev–Trinajstić information content (AvgIpc) is 3.09. The van der Waals surface area contributed by atoms with Crippen molar-refractivity contribution in [3.63, 3.8) is 0 Å². The molecule has 1 amide bonds. The standard InChI is InChI=1S/C20H16ClFN4O/c21-19-13(10-14(22)11-25-19)8-12-4-6-24-18(9-12)26-7-5-15-16(20(23)27)2-1-3-17(15)26/h1-4,6,9-11H,5,7-8H2,(H2,23,27). The Morgan fingerprint density at radius 2 is 2.11 bits per heavy atom. The predicted molar refractivity (Wildman–Crippen MR) is 102 cm³/mol. The minimum atomic E-state index is -0.427. The molecule has 7 heteroatoms. The second-order valence-corrected chi connectivity index (χ2v) is 6.73. The van der Waals surface area contributed by atoms with Crippen LogP contribution in [-0.2, 0) is 12.8 Å². The normalized spacial score (nSPS) is 12.9. The largest absolute Gasteiger partial charge is 0.366 e. The van der Waals surface area contributed by atoms with Crippen molar-refractivity contribution in [1.29, 1.82) is 0 Å². The quantitative estimate of drug-likeness (QED) is 0.699. The summed E-state index contributed by atoms with van der Waals surface area (Å²) in [6, 6.07) is 10.7. The van der Waals surface area contributed by atoms with Gasteiger partial charge in [0.25, 0.3) is 0 Å². The molecule has 0 unspecified atom stereocenters. The second-order valence-electron chi connectivity index (χ2n) is 6.37. The van der Waals surface area contributed by atoms with Crippen molar-refractivity contribution in [2.45, 2.75) is 12.8 Å². The summed E-state index contributed by atoms with van der Waals surface area (Å²) in [6.07, 6.45) is 3.98. The number of pyridine rings is 2. The molecule has 2 N–H and O–H groups in total. The number of hydrogen-bond acceptors (Lipinski definition) is 4. The molecule has 27 heavy (non-hydrogen) atoms. The van der Waals surface area contributed by atoms with Gasteiger partial charge in [-0.3, -0.25) is 4.79 Å². The molecule has 2 aromatic heterocycles. The van der Waals surface area contributed by atoms with Crippen molar-refractivity contribution in [3.8, 4) is 0 Å². The Morgan fingerprint density at radius 3 is 2.93 bits per heavy atom. The van der Waals surface area contributed by atoms with Crippen molar-refractivity contribution in [1.82, 2.24) is 9.97 Å². The molecule has 0 fully saturated rings. The minimum absolute atomic E-state index is 0.285. The van der Waals surface area contributed by atoms with E-state index in [0.717, 1.165) is 35.2 Å². The van der Waals surface area contributed by atoms with Crippen molar-refractivity contribution in [2.24, 2.45) is 5.73 Å². The molecule has 5 nitrogen and oxygen atoms in total. The summed E-state index contributed by atoms with van der Waals surface area (Å²) in [5, 5.41) is 0.285. The number of nitrogens with two attached hydrogens (primary N) is 1. The first-order valence-corrected chi connectivity index (χ1v) is 8.85. The molecule has 0 spiro atoms. The molecule has 3 aromatic rings. The number of fused-ring (bicyclic) bond motifs is 1. The third kappa shape index (κ3) is 3.36. The first-order valence-electron chi connectivity index (χ1n) is 8.47. The minimum Gasteiger partial charge on any atom is -0.366 e. The fourth-order valence-electron chi connectivity index (χ4n) is 3.43. The number of aromatic nitrogens is 2. The number of carbonyl (C=O) groups is 1. The zero-order valence-electron chi connectivity index (χ0n) is 14.3. The molecule has 0 bridgehead atoms. The zero-order valence-corrected chi connectivity index (χ0v) is 15.1. The van der Waals surface area contributed by atoms with Gasteiger partial charge in [0.05, 0.1) is 6.20 Å². The number of amides is 1. The molecule has 4 rings (SSSR count). The number of nitrogens with zero attached hydrogens (tertiary/aromatic N) is 3. The van der Waals surface area contributed by atoms with Crippen LogP contribution in [0.15, 0.2) is 48.8 Å². The van der Waals surface area contributed by atoms with Gasteiger partial charge in [0.1, 0.15) is 16.8 Å². The predicted octanol–water partition coefficient (Wildman–Crippen LogP) is 3.65. The Morgan fingerprint density at radius 1 is 1.26 bits per heavy atom. The van der Waals surface area contributed by atoms with E-state index in [1.165, 1.54) is 6.07 Å². The third-order valence-electron chi connectivity index (χ3n) is 4.65. The van der Waals surface area contributed by atoms with Gasteiger partial charge in [-0.05, 0) is 53.4 Å². The Kier molecular flexibility index (Phi) is 4.49. The van der Waals surface area contributed by atoms with Crippen LogP contribution in [0.4, 0.5) is 15.9 Å². The maximum atomic E-state index is 13.5. The molecular formula is C20H16ClFN4O. The van der Waals surface area contributed by atoms with Crippen molar-refractivity contribution in [2.75, 3.05) is 11.4 Å². The molecular weight excluding hydrogens is 367 g/mol. The Bertz CT molecular complexity index is 1040. The summed E-state index contributed by atoms with van der Waals surface area (Å²) in [4.78, 5) is 22.0. The molecule has 136 valence electrons. The van der Waals surface area contributed by atoms with Crippen LogP contribution in [0.3, 0.4) is 0 Å². The highest BCUT2D eigenvalue weighted by Crippen LogP contribution is 2.35. The van der Waals surface area contributed by atoms with Crippen LogP contribution in [0.1, 0.15) is 27.0 Å². The SMILES string of the molecule is NC(=O)c1cccc2c1CCN2c1cc(Cc2cc(F)cnc2Cl)ccn1. The van der Waals surface area contributed by atoms with Gasteiger partial charge in [0.2, 0.25) is 5.91 Å². The first kappa shape index (κ1) is 17.4. The van der Waals surface area contributed by atoms with E-state index < -0.39 is 11.7 Å². The lowest BCUT2D eigenvalue weighted by molar-refractivity contribution is 0.0999. The lowest BCUT2D eigenvalue weighted by atomic mass is 10.0. The molecule has 3 heterocycles. The van der Waals surface area contributed by atoms with Gasteiger partial charge in [-0.1, -0.05) is 17.7 Å². The monoisotopic (exact) mass is 382 g/mol. The van der Waals surface area contributed by atoms with E-state index in [1.54, 1.807) is 12.3 Å². The lowest BCUT2D eigenvalue weighted by Crippen LogP contribution is -2.15. The van der Waals surface area contributed by atoms with Crippen molar-refractivity contribution < 1.29 is 9.18 Å². The number of halogens is 2. The molecule has 0 saturated carbocycles. The van der Waals surface area contributed by atoms with E-state index in [0.29, 0.717) is 24.1 Å². The first-order chi connectivity index (χ1) is 13.0. The van der Waals surface area contributed by atoms with Gasteiger partial charge in [-0.15, -0.1) is 0 Å². The number of anilines is 2. The van der Waals surface area contributed by atoms with E-state index in [4.69, 9.17) is 17.3 Å². The maximum Gasteiger partial charge on any atom is 0.249 e. The van der Waals surface area contributed by atoms with Crippen LogP contribution >= 0.6 is 11.6 Å². The topological polar surface area (TPSA) is 72.1 Å². The van der Waals surface area contributed by atoms with Gasteiger partial charge < -0.3 is 10.6 Å². The van der Waals surface area contributed by atoms with Gasteiger partial charge >= 0.3 is 0 Å². The van der Waals surface area contributed by atoms with E-state index in [9.17, 15) is 9.18 Å². The van der Waals surface area contributed by atoms with Crippen LogP contribution in [0.5, 0.6) is 0 Å². The molecule has 0 aliphatic carbocycles. The Hall–Kier alpha value is -2.99. The van der Waals surface area contributed by atoms with Crippen LogP contribution in [-0.4, -0.2) is 22.4 Å².